The number of aromatic nitrogens is 4. The van der Waals surface area contributed by atoms with E-state index in [0.717, 1.165) is 4.57 Å². The number of ether oxygens (including phenoxy) is 4. The first-order valence-electron chi connectivity index (χ1n) is 12.3. The quantitative estimate of drug-likeness (QED) is 0.246. The first kappa shape index (κ1) is 28.4. The van der Waals surface area contributed by atoms with Gasteiger partial charge in [-0.3, -0.25) is 9.36 Å². The van der Waals surface area contributed by atoms with Gasteiger partial charge >= 0.3 is 12.1 Å². The molecule has 0 aliphatic carbocycles. The van der Waals surface area contributed by atoms with Crippen LogP contribution < -0.4 is 9.47 Å². The molecule has 10 nitrogen and oxygen atoms in total. The van der Waals surface area contributed by atoms with Crippen LogP contribution in [0.15, 0.2) is 47.0 Å². The third-order valence-electron chi connectivity index (χ3n) is 6.52. The SMILES string of the molecule is COC(=O)CCc1cnc(C[C@@H]2O[C@@H](c3cccc(OC)c3OC)c3cc(Cl)ccc3-n3c2nnc3C(F)(F)F)o1. The largest absolute Gasteiger partial charge is 0.493 e. The molecule has 2 atom stereocenters. The fourth-order valence-corrected chi connectivity index (χ4v) is 4.89. The van der Waals surface area contributed by atoms with Crippen LogP contribution in [0.2, 0.25) is 5.02 Å². The van der Waals surface area contributed by atoms with Gasteiger partial charge in [0.15, 0.2) is 23.2 Å². The van der Waals surface area contributed by atoms with E-state index in [9.17, 15) is 18.0 Å². The molecule has 0 fully saturated rings. The number of carbonyl (C=O) groups excluding carboxylic acids is 1. The van der Waals surface area contributed by atoms with Gasteiger partial charge in [-0.15, -0.1) is 10.2 Å². The third kappa shape index (κ3) is 5.59. The molecular formula is C27H24ClF3N4O6. The molecule has 14 heteroatoms. The summed E-state index contributed by atoms with van der Waals surface area (Å²) in [4.78, 5) is 15.8. The van der Waals surface area contributed by atoms with Gasteiger partial charge in [0.2, 0.25) is 5.82 Å². The number of nitrogens with zero attached hydrogens (tertiary/aromatic N) is 4. The van der Waals surface area contributed by atoms with Crippen molar-refractivity contribution >= 4 is 17.6 Å². The van der Waals surface area contributed by atoms with E-state index in [-0.39, 0.29) is 41.7 Å². The lowest BCUT2D eigenvalue weighted by Crippen LogP contribution is -2.17. The summed E-state index contributed by atoms with van der Waals surface area (Å²) in [7, 11) is 4.20. The van der Waals surface area contributed by atoms with Crippen molar-refractivity contribution in [3.8, 4) is 17.2 Å². The van der Waals surface area contributed by atoms with Crippen molar-refractivity contribution in [2.45, 2.75) is 37.6 Å². The van der Waals surface area contributed by atoms with Crippen molar-refractivity contribution in [2.75, 3.05) is 21.3 Å². The van der Waals surface area contributed by atoms with Crippen LogP contribution >= 0.6 is 11.6 Å². The Balaban J connectivity index is 1.65. The monoisotopic (exact) mass is 592 g/mol. The van der Waals surface area contributed by atoms with Crippen LogP contribution in [0.4, 0.5) is 13.2 Å². The number of esters is 1. The first-order valence-corrected chi connectivity index (χ1v) is 12.7. The zero-order chi connectivity index (χ0) is 29.3. The van der Waals surface area contributed by atoms with Crippen molar-refractivity contribution in [2.24, 2.45) is 0 Å². The maximum Gasteiger partial charge on any atom is 0.452 e. The molecule has 1 aliphatic rings. The zero-order valence-corrected chi connectivity index (χ0v) is 22.8. The van der Waals surface area contributed by atoms with Gasteiger partial charge < -0.3 is 23.4 Å². The van der Waals surface area contributed by atoms with E-state index in [4.69, 9.17) is 30.2 Å². The highest BCUT2D eigenvalue weighted by Gasteiger charge is 2.43. The lowest BCUT2D eigenvalue weighted by molar-refractivity contribution is -0.146. The summed E-state index contributed by atoms with van der Waals surface area (Å²) in [5.41, 5.74) is 0.938. The van der Waals surface area contributed by atoms with E-state index in [1.165, 1.54) is 45.7 Å². The molecule has 216 valence electrons. The molecule has 0 bridgehead atoms. The van der Waals surface area contributed by atoms with Crippen LogP contribution in [0, 0.1) is 0 Å². The molecule has 41 heavy (non-hydrogen) atoms. The van der Waals surface area contributed by atoms with E-state index in [2.05, 4.69) is 19.9 Å². The normalized spacial score (nSPS) is 16.5. The smallest absolute Gasteiger partial charge is 0.452 e. The molecule has 0 radical (unpaired) electrons. The number of oxazole rings is 1. The molecule has 5 rings (SSSR count). The van der Waals surface area contributed by atoms with Crippen molar-refractivity contribution < 1.29 is 41.3 Å². The number of para-hydroxylation sites is 1. The molecule has 3 heterocycles. The highest BCUT2D eigenvalue weighted by atomic mass is 35.5. The number of benzene rings is 2. The Morgan fingerprint density at radius 1 is 1.10 bits per heavy atom. The maximum absolute atomic E-state index is 14.2. The number of hydrogen-bond donors (Lipinski definition) is 0. The molecule has 2 aromatic heterocycles. The van der Waals surface area contributed by atoms with Crippen LogP contribution in [0.25, 0.3) is 5.69 Å². The maximum atomic E-state index is 14.2. The summed E-state index contributed by atoms with van der Waals surface area (Å²) >= 11 is 6.34. The van der Waals surface area contributed by atoms with Gasteiger partial charge in [-0.1, -0.05) is 23.7 Å². The predicted molar refractivity (Wildman–Crippen MR) is 137 cm³/mol. The second kappa shape index (κ2) is 11.4. The number of methoxy groups -OCH3 is 3. The summed E-state index contributed by atoms with van der Waals surface area (Å²) in [6.45, 7) is 0. The molecule has 0 saturated heterocycles. The van der Waals surface area contributed by atoms with Crippen LogP contribution in [0.5, 0.6) is 11.5 Å². The lowest BCUT2D eigenvalue weighted by atomic mass is 9.98. The highest BCUT2D eigenvalue weighted by molar-refractivity contribution is 6.30. The van der Waals surface area contributed by atoms with Crippen LogP contribution in [-0.2, 0) is 33.3 Å². The number of hydrogen-bond acceptors (Lipinski definition) is 9. The number of rotatable bonds is 8. The summed E-state index contributed by atoms with van der Waals surface area (Å²) in [6.07, 6.45) is -5.27. The summed E-state index contributed by atoms with van der Waals surface area (Å²) in [5, 5.41) is 7.67. The van der Waals surface area contributed by atoms with E-state index in [0.29, 0.717) is 28.4 Å². The summed E-state index contributed by atoms with van der Waals surface area (Å²) < 4.78 is 71.6. The molecule has 2 aromatic carbocycles. The fourth-order valence-electron chi connectivity index (χ4n) is 4.71. The number of aryl methyl sites for hydroxylation is 1. The van der Waals surface area contributed by atoms with Crippen LogP contribution in [0.3, 0.4) is 0 Å². The van der Waals surface area contributed by atoms with Gasteiger partial charge in [0.1, 0.15) is 18.0 Å². The standard InChI is InChI=1S/C27H24ClF3N4O6/c1-37-19-6-4-5-16(24(19)39-3)23-17-11-14(28)7-9-18(17)35-25(33-34-26(35)27(29,30)31)20(41-23)12-21-32-13-15(40-21)8-10-22(36)38-2/h4-7,9,11,13,20,23H,8,10,12H2,1-3H3/t20-,23-/m0/s1. The Hall–Kier alpha value is -4.10. The van der Waals surface area contributed by atoms with E-state index >= 15 is 0 Å². The van der Waals surface area contributed by atoms with E-state index in [1.54, 1.807) is 18.2 Å². The summed E-state index contributed by atoms with van der Waals surface area (Å²) in [5.74, 6) is -0.463. The minimum atomic E-state index is -4.83. The first-order chi connectivity index (χ1) is 19.6. The zero-order valence-electron chi connectivity index (χ0n) is 22.1. The van der Waals surface area contributed by atoms with Gasteiger partial charge in [0, 0.05) is 22.6 Å². The van der Waals surface area contributed by atoms with Gasteiger partial charge in [0.25, 0.3) is 0 Å². The number of halogens is 4. The third-order valence-corrected chi connectivity index (χ3v) is 6.76. The molecule has 0 spiro atoms. The summed E-state index contributed by atoms with van der Waals surface area (Å²) in [6, 6.07) is 9.60. The van der Waals surface area contributed by atoms with Gasteiger partial charge in [-0.05, 0) is 24.3 Å². The second-order valence-corrected chi connectivity index (χ2v) is 9.44. The second-order valence-electron chi connectivity index (χ2n) is 9.01. The van der Waals surface area contributed by atoms with Crippen LogP contribution in [0.1, 0.15) is 53.1 Å². The Morgan fingerprint density at radius 2 is 1.90 bits per heavy atom. The fraction of sp³-hybridized carbons (Fsp3) is 0.333. The van der Waals surface area contributed by atoms with Crippen molar-refractivity contribution in [3.05, 3.63) is 82.0 Å². The Bertz CT molecular complexity index is 1570. The van der Waals surface area contributed by atoms with E-state index < -0.39 is 30.2 Å². The topological polar surface area (TPSA) is 111 Å². The van der Waals surface area contributed by atoms with Gasteiger partial charge in [-0.25, -0.2) is 4.98 Å². The molecule has 0 amide bonds. The Labute approximate surface area is 237 Å². The molecule has 4 aromatic rings. The average molecular weight is 593 g/mol. The Morgan fingerprint density at radius 3 is 2.61 bits per heavy atom. The van der Waals surface area contributed by atoms with Crippen molar-refractivity contribution in [1.29, 1.82) is 0 Å². The predicted octanol–water partition coefficient (Wildman–Crippen LogP) is 5.45. The minimum Gasteiger partial charge on any atom is -0.493 e. The molecule has 0 unspecified atom stereocenters. The Kier molecular flexibility index (Phi) is 7.91. The van der Waals surface area contributed by atoms with Crippen LogP contribution in [-0.4, -0.2) is 47.0 Å². The number of alkyl halides is 3. The molecule has 0 N–H and O–H groups in total. The molecule has 1 aliphatic heterocycles. The molecular weight excluding hydrogens is 569 g/mol. The average Bonchev–Trinajstić information content (AvgIpc) is 3.58. The van der Waals surface area contributed by atoms with Crippen molar-refractivity contribution in [1.82, 2.24) is 19.7 Å². The minimum absolute atomic E-state index is 0.0715. The lowest BCUT2D eigenvalue weighted by Gasteiger charge is -2.24. The van der Waals surface area contributed by atoms with Gasteiger partial charge in [0.05, 0.1) is 46.1 Å². The highest BCUT2D eigenvalue weighted by Crippen LogP contribution is 2.47. The number of fused-ring (bicyclic) bond motifs is 3. The molecule has 0 saturated carbocycles. The van der Waals surface area contributed by atoms with Crippen molar-refractivity contribution in [3.63, 3.8) is 0 Å². The number of carbonyl (C=O) groups is 1. The van der Waals surface area contributed by atoms with Gasteiger partial charge in [-0.2, -0.15) is 13.2 Å². The van der Waals surface area contributed by atoms with E-state index in [1.807, 2.05) is 0 Å².